The molecule has 1 heterocycles. The van der Waals surface area contributed by atoms with E-state index in [1.165, 1.54) is 25.7 Å². The minimum atomic E-state index is -1.50. The molecule has 13 atom stereocenters. The van der Waals surface area contributed by atoms with Gasteiger partial charge in [-0.05, 0) is 82.9 Å². The van der Waals surface area contributed by atoms with Crippen molar-refractivity contribution in [3.8, 4) is 0 Å². The Labute approximate surface area is 353 Å². The smallest absolute Gasteiger partial charge is 0.338 e. The van der Waals surface area contributed by atoms with E-state index in [1.807, 2.05) is 25.3 Å². The maximum Gasteiger partial charge on any atom is 0.338 e. The van der Waals surface area contributed by atoms with Crippen molar-refractivity contribution in [1.29, 1.82) is 0 Å². The van der Waals surface area contributed by atoms with Gasteiger partial charge in [0.05, 0.1) is 30.5 Å². The van der Waals surface area contributed by atoms with E-state index in [2.05, 4.69) is 43.2 Å². The molecule has 7 rings (SSSR count). The topological polar surface area (TPSA) is 113 Å². The third-order valence-corrected chi connectivity index (χ3v) is 16.0. The van der Waals surface area contributed by atoms with E-state index in [0.29, 0.717) is 31.4 Å². The number of unbranched alkanes of at least 4 members (excludes halogenated alkanes) is 8. The predicted octanol–water partition coefficient (Wildman–Crippen LogP) is 8.11. The number of aliphatic hydroxyl groups is 1. The van der Waals surface area contributed by atoms with Gasteiger partial charge in [-0.15, -0.1) is 0 Å². The summed E-state index contributed by atoms with van der Waals surface area (Å²) in [5.41, 5.74) is -2.96. The molecule has 6 aliphatic rings. The summed E-state index contributed by atoms with van der Waals surface area (Å²) in [5.74, 6) is -1.75. The van der Waals surface area contributed by atoms with E-state index >= 15 is 0 Å². The number of benzene rings is 1. The number of esters is 2. The SMILES string of the molecule is CCCCC/C=C\C/C=C\CCCCCCCC(=O)O[C@]12C[C@H](OC)[C@]3(O)C[C@H]([C@@H]1[C@H]3OC(=O)c1ccccc1)[C@@]13[C@@H](OC)CC[C@@]4(COC)CN(C)[C@@H]1[C@@H]2[C@H](OC)[C@H]43. The molecular formula is C49H73NO9. The molecule has 5 aliphatic carbocycles. The molecule has 1 spiro atoms. The van der Waals surface area contributed by atoms with E-state index in [-0.39, 0.29) is 47.4 Å². The highest BCUT2D eigenvalue weighted by Crippen LogP contribution is 2.80. The Morgan fingerprint density at radius 1 is 0.847 bits per heavy atom. The molecule has 1 N–H and O–H groups in total. The molecule has 1 saturated heterocycles. The van der Waals surface area contributed by atoms with Gasteiger partial charge in [-0.3, -0.25) is 4.79 Å². The number of hydrogen-bond acceptors (Lipinski definition) is 10. The van der Waals surface area contributed by atoms with Crippen molar-refractivity contribution >= 4 is 11.9 Å². The largest absolute Gasteiger partial charge is 0.458 e. The zero-order valence-corrected chi connectivity index (χ0v) is 36.8. The van der Waals surface area contributed by atoms with Crippen molar-refractivity contribution in [3.63, 3.8) is 0 Å². The first-order valence-electron chi connectivity index (χ1n) is 22.9. The van der Waals surface area contributed by atoms with Crippen molar-refractivity contribution in [2.45, 2.75) is 151 Å². The molecule has 0 aromatic heterocycles. The molecule has 59 heavy (non-hydrogen) atoms. The third-order valence-electron chi connectivity index (χ3n) is 16.0. The Morgan fingerprint density at radius 2 is 1.54 bits per heavy atom. The number of nitrogens with zero attached hydrogens (tertiary/aromatic N) is 1. The second kappa shape index (κ2) is 18.8. The van der Waals surface area contributed by atoms with Crippen LogP contribution in [0.3, 0.4) is 0 Å². The summed E-state index contributed by atoms with van der Waals surface area (Å²) < 4.78 is 39.3. The molecule has 1 aliphatic heterocycles. The average Bonchev–Trinajstić information content (AvgIpc) is 3.63. The van der Waals surface area contributed by atoms with Crippen molar-refractivity contribution in [1.82, 2.24) is 4.90 Å². The number of ether oxygens (including phenoxy) is 6. The van der Waals surface area contributed by atoms with Crippen molar-refractivity contribution in [2.75, 3.05) is 48.6 Å². The maximum absolute atomic E-state index is 14.4. The van der Waals surface area contributed by atoms with Gasteiger partial charge in [0.1, 0.15) is 17.3 Å². The lowest BCUT2D eigenvalue weighted by Gasteiger charge is -2.69. The summed E-state index contributed by atoms with van der Waals surface area (Å²) in [4.78, 5) is 31.0. The zero-order valence-electron chi connectivity index (χ0n) is 36.8. The van der Waals surface area contributed by atoms with Crippen LogP contribution in [0.5, 0.6) is 0 Å². The predicted molar refractivity (Wildman–Crippen MR) is 227 cm³/mol. The number of carbonyl (C=O) groups is 2. The molecule has 10 heteroatoms. The van der Waals surface area contributed by atoms with E-state index < -0.39 is 40.7 Å². The molecule has 0 unspecified atom stereocenters. The second-order valence-corrected chi connectivity index (χ2v) is 19.0. The van der Waals surface area contributed by atoms with Gasteiger partial charge in [-0.2, -0.15) is 0 Å². The number of piperidine rings is 1. The van der Waals surface area contributed by atoms with E-state index in [4.69, 9.17) is 28.4 Å². The number of carbonyl (C=O) groups excluding carboxylic acids is 2. The van der Waals surface area contributed by atoms with Crippen LogP contribution in [-0.2, 0) is 33.2 Å². The first-order chi connectivity index (χ1) is 28.6. The summed E-state index contributed by atoms with van der Waals surface area (Å²) in [5, 5.41) is 13.0. The van der Waals surface area contributed by atoms with Gasteiger partial charge in [0.15, 0.2) is 0 Å². The summed E-state index contributed by atoms with van der Waals surface area (Å²) in [7, 11) is 9.18. The van der Waals surface area contributed by atoms with Gasteiger partial charge >= 0.3 is 11.9 Å². The molecule has 1 aromatic rings. The van der Waals surface area contributed by atoms with Crippen molar-refractivity contribution < 1.29 is 43.1 Å². The first-order valence-corrected chi connectivity index (χ1v) is 22.9. The minimum Gasteiger partial charge on any atom is -0.458 e. The quantitative estimate of drug-likeness (QED) is 0.0700. The number of allylic oxidation sites excluding steroid dienone is 4. The summed E-state index contributed by atoms with van der Waals surface area (Å²) in [6.07, 6.45) is 21.8. The third kappa shape index (κ3) is 7.58. The first kappa shape index (κ1) is 44.5. The van der Waals surface area contributed by atoms with Gasteiger partial charge in [0.25, 0.3) is 0 Å². The molecule has 6 fully saturated rings. The Kier molecular flexibility index (Phi) is 14.2. The molecule has 10 nitrogen and oxygen atoms in total. The van der Waals surface area contributed by atoms with Gasteiger partial charge in [-0.1, -0.05) is 81.5 Å². The molecule has 0 radical (unpaired) electrons. The Balaban J connectivity index is 1.14. The van der Waals surface area contributed by atoms with Crippen LogP contribution in [0, 0.1) is 34.5 Å². The highest BCUT2D eigenvalue weighted by molar-refractivity contribution is 5.89. The number of fused-ring (bicyclic) bond motifs is 2. The number of methoxy groups -OCH3 is 4. The molecule has 0 amide bonds. The molecule has 7 bridgehead atoms. The van der Waals surface area contributed by atoms with Crippen molar-refractivity contribution in [2.24, 2.45) is 34.5 Å². The number of hydrogen-bond donors (Lipinski definition) is 1. The van der Waals surface area contributed by atoms with Crippen LogP contribution in [0.1, 0.15) is 120 Å². The monoisotopic (exact) mass is 820 g/mol. The number of rotatable bonds is 22. The van der Waals surface area contributed by atoms with Crippen LogP contribution in [0.15, 0.2) is 54.6 Å². The fraction of sp³-hybridized carbons (Fsp3) is 0.755. The van der Waals surface area contributed by atoms with Gasteiger partial charge < -0.3 is 38.4 Å². The molecule has 1 aromatic carbocycles. The average molecular weight is 820 g/mol. The van der Waals surface area contributed by atoms with Gasteiger partial charge in [0.2, 0.25) is 0 Å². The fourth-order valence-corrected chi connectivity index (χ4v) is 14.2. The molecular weight excluding hydrogens is 747 g/mol. The van der Waals surface area contributed by atoms with Crippen LogP contribution < -0.4 is 0 Å². The van der Waals surface area contributed by atoms with Crippen LogP contribution in [0.25, 0.3) is 0 Å². The fourth-order valence-electron chi connectivity index (χ4n) is 14.2. The highest BCUT2D eigenvalue weighted by Gasteiger charge is 2.89. The zero-order chi connectivity index (χ0) is 41.8. The maximum atomic E-state index is 14.4. The summed E-state index contributed by atoms with van der Waals surface area (Å²) in [6.45, 7) is 3.62. The van der Waals surface area contributed by atoms with Gasteiger partial charge in [-0.25, -0.2) is 4.79 Å². The lowest BCUT2D eigenvalue weighted by Crippen LogP contribution is -2.77. The Morgan fingerprint density at radius 3 is 2.22 bits per heavy atom. The van der Waals surface area contributed by atoms with Crippen LogP contribution in [-0.4, -0.2) is 112 Å². The van der Waals surface area contributed by atoms with Gasteiger partial charge in [0, 0.05) is 82.5 Å². The summed E-state index contributed by atoms with van der Waals surface area (Å²) in [6, 6.07) is 8.88. The Hall–Kier alpha value is -2.60. The van der Waals surface area contributed by atoms with E-state index in [0.717, 1.165) is 64.3 Å². The van der Waals surface area contributed by atoms with Crippen LogP contribution >= 0.6 is 0 Å². The second-order valence-electron chi connectivity index (χ2n) is 19.0. The lowest BCUT2D eigenvalue weighted by atomic mass is 9.43. The molecule has 5 saturated carbocycles. The Bertz CT molecular complexity index is 1640. The number of likely N-dealkylation sites (tertiary alicyclic amines) is 1. The van der Waals surface area contributed by atoms with E-state index in [1.54, 1.807) is 33.5 Å². The van der Waals surface area contributed by atoms with E-state index in [9.17, 15) is 14.7 Å². The van der Waals surface area contributed by atoms with Crippen LogP contribution in [0.2, 0.25) is 0 Å². The van der Waals surface area contributed by atoms with Crippen LogP contribution in [0.4, 0.5) is 0 Å². The minimum absolute atomic E-state index is 0.00621. The standard InChI is InChI=1S/C49H73NO9/c1-7-8-9-10-11-12-13-14-15-16-17-18-19-20-24-27-38(51)59-48-31-37(56-5)47(53)30-35(39(48)44(47)58-45(52)34-25-22-21-23-26-34)49-36(55-4)28-29-46(33-54-3)32-50(2)43(49)40(48)41(57-6)42(46)49/h11-12,14-15,21-23,25-26,35-37,39-44,53H,7-10,13,16-20,24,27-33H2,1-6H3/b12-11-,15-14-/t35-,36+,37+,39-,40+,41+,42-,43-,44-,46+,47-,48-,49+/m1/s1. The highest BCUT2D eigenvalue weighted by atomic mass is 16.6. The van der Waals surface area contributed by atoms with Crippen molar-refractivity contribution in [3.05, 3.63) is 60.2 Å². The summed E-state index contributed by atoms with van der Waals surface area (Å²) >= 11 is 0. The normalized spacial score (nSPS) is 39.3. The molecule has 328 valence electrons. The lowest BCUT2D eigenvalue weighted by molar-refractivity contribution is -0.286.